The van der Waals surface area contributed by atoms with Crippen LogP contribution < -0.4 is 9.47 Å². The average molecular weight is 319 g/mol. The van der Waals surface area contributed by atoms with E-state index in [4.69, 9.17) is 9.47 Å². The second-order valence-corrected chi connectivity index (χ2v) is 5.89. The van der Waals surface area contributed by atoms with Crippen molar-refractivity contribution in [3.05, 3.63) is 22.2 Å². The molecule has 0 aliphatic carbocycles. The third-order valence-electron chi connectivity index (χ3n) is 2.99. The molecule has 1 atom stereocenters. The Morgan fingerprint density at radius 3 is 2.65 bits per heavy atom. The summed E-state index contributed by atoms with van der Waals surface area (Å²) in [7, 11) is 3.22. The van der Waals surface area contributed by atoms with Crippen LogP contribution in [0.1, 0.15) is 12.0 Å². The SMILES string of the molecule is COc1ccc(C2(O)CCSC2)c(OC)c1Br. The number of benzene rings is 1. The topological polar surface area (TPSA) is 38.7 Å². The number of rotatable bonds is 3. The monoisotopic (exact) mass is 318 g/mol. The molecule has 1 aromatic carbocycles. The highest BCUT2D eigenvalue weighted by molar-refractivity contribution is 9.10. The van der Waals surface area contributed by atoms with Gasteiger partial charge in [-0.05, 0) is 40.2 Å². The highest BCUT2D eigenvalue weighted by atomic mass is 79.9. The van der Waals surface area contributed by atoms with E-state index in [-0.39, 0.29) is 0 Å². The molecule has 0 radical (unpaired) electrons. The molecule has 3 nitrogen and oxygen atoms in total. The second-order valence-electron chi connectivity index (χ2n) is 4.00. The van der Waals surface area contributed by atoms with Gasteiger partial charge >= 0.3 is 0 Å². The Bertz CT molecular complexity index is 416. The van der Waals surface area contributed by atoms with E-state index >= 15 is 0 Å². The Morgan fingerprint density at radius 2 is 2.12 bits per heavy atom. The average Bonchev–Trinajstić information content (AvgIpc) is 2.77. The molecular formula is C12H15BrO3S. The number of ether oxygens (including phenoxy) is 2. The standard InChI is InChI=1S/C12H15BrO3S/c1-15-9-4-3-8(11(16-2)10(9)13)12(14)5-6-17-7-12/h3-4,14H,5-7H2,1-2H3. The molecule has 1 saturated heterocycles. The molecule has 1 fully saturated rings. The van der Waals surface area contributed by atoms with Gasteiger partial charge in [-0.2, -0.15) is 11.8 Å². The van der Waals surface area contributed by atoms with Gasteiger partial charge < -0.3 is 14.6 Å². The quantitative estimate of drug-likeness (QED) is 0.930. The number of aliphatic hydroxyl groups is 1. The first kappa shape index (κ1) is 13.1. The molecule has 1 aliphatic rings. The van der Waals surface area contributed by atoms with E-state index in [1.54, 1.807) is 26.0 Å². The summed E-state index contributed by atoms with van der Waals surface area (Å²) in [6.07, 6.45) is 0.757. The first-order valence-corrected chi connectivity index (χ1v) is 7.28. The molecule has 1 heterocycles. The lowest BCUT2D eigenvalue weighted by Crippen LogP contribution is -2.25. The van der Waals surface area contributed by atoms with Crippen molar-refractivity contribution in [3.63, 3.8) is 0 Å². The largest absolute Gasteiger partial charge is 0.495 e. The minimum absolute atomic E-state index is 0.661. The van der Waals surface area contributed by atoms with Crippen molar-refractivity contribution >= 4 is 27.7 Å². The molecule has 1 unspecified atom stereocenters. The third-order valence-corrected chi connectivity index (χ3v) is 4.91. The van der Waals surface area contributed by atoms with E-state index in [0.29, 0.717) is 17.3 Å². The maximum Gasteiger partial charge on any atom is 0.142 e. The van der Waals surface area contributed by atoms with Crippen LogP contribution in [-0.2, 0) is 5.60 Å². The normalized spacial score (nSPS) is 23.8. The molecule has 0 bridgehead atoms. The van der Waals surface area contributed by atoms with Crippen LogP contribution in [0.15, 0.2) is 16.6 Å². The predicted molar refractivity (Wildman–Crippen MR) is 73.1 cm³/mol. The van der Waals surface area contributed by atoms with Gasteiger partial charge in [-0.1, -0.05) is 0 Å². The van der Waals surface area contributed by atoms with Crippen LogP contribution in [0.4, 0.5) is 0 Å². The molecule has 5 heteroatoms. The molecule has 1 aliphatic heterocycles. The Hall–Kier alpha value is -0.390. The van der Waals surface area contributed by atoms with Crippen molar-refractivity contribution in [2.45, 2.75) is 12.0 Å². The van der Waals surface area contributed by atoms with Crippen LogP contribution >= 0.6 is 27.7 Å². The van der Waals surface area contributed by atoms with Gasteiger partial charge in [-0.25, -0.2) is 0 Å². The summed E-state index contributed by atoms with van der Waals surface area (Å²) in [4.78, 5) is 0. The van der Waals surface area contributed by atoms with Gasteiger partial charge in [-0.3, -0.25) is 0 Å². The van der Waals surface area contributed by atoms with Crippen molar-refractivity contribution in [3.8, 4) is 11.5 Å². The van der Waals surface area contributed by atoms with E-state index in [0.717, 1.165) is 22.2 Å². The lowest BCUT2D eigenvalue weighted by atomic mass is 9.92. The molecule has 17 heavy (non-hydrogen) atoms. The Labute approximate surface area is 114 Å². The van der Waals surface area contributed by atoms with Crippen molar-refractivity contribution in [2.24, 2.45) is 0 Å². The summed E-state index contributed by atoms with van der Waals surface area (Å²) in [6.45, 7) is 0. The highest BCUT2D eigenvalue weighted by Gasteiger charge is 2.37. The summed E-state index contributed by atoms with van der Waals surface area (Å²) in [5.41, 5.74) is 0.0443. The zero-order valence-electron chi connectivity index (χ0n) is 9.83. The van der Waals surface area contributed by atoms with Crippen LogP contribution in [0.3, 0.4) is 0 Å². The number of halogens is 1. The minimum atomic E-state index is -0.787. The van der Waals surface area contributed by atoms with Crippen molar-refractivity contribution < 1.29 is 14.6 Å². The molecule has 0 spiro atoms. The Balaban J connectivity index is 2.50. The maximum atomic E-state index is 10.6. The summed E-state index contributed by atoms with van der Waals surface area (Å²) in [6, 6.07) is 3.73. The van der Waals surface area contributed by atoms with Crippen molar-refractivity contribution in [2.75, 3.05) is 25.7 Å². The summed E-state index contributed by atoms with van der Waals surface area (Å²) < 4.78 is 11.4. The predicted octanol–water partition coefficient (Wildman–Crippen LogP) is 2.79. The minimum Gasteiger partial charge on any atom is -0.495 e. The molecule has 0 amide bonds. The molecule has 2 rings (SSSR count). The van der Waals surface area contributed by atoms with Gasteiger partial charge in [-0.15, -0.1) is 0 Å². The Morgan fingerprint density at radius 1 is 1.35 bits per heavy atom. The molecular weight excluding hydrogens is 304 g/mol. The van der Waals surface area contributed by atoms with Gasteiger partial charge in [0.2, 0.25) is 0 Å². The van der Waals surface area contributed by atoms with Crippen LogP contribution in [0, 0.1) is 0 Å². The number of thioether (sulfide) groups is 1. The van der Waals surface area contributed by atoms with Gasteiger partial charge in [0.1, 0.15) is 21.6 Å². The van der Waals surface area contributed by atoms with Gasteiger partial charge in [0.25, 0.3) is 0 Å². The molecule has 0 aromatic heterocycles. The smallest absolute Gasteiger partial charge is 0.142 e. The fourth-order valence-electron chi connectivity index (χ4n) is 2.03. The van der Waals surface area contributed by atoms with E-state index in [2.05, 4.69) is 15.9 Å². The summed E-state index contributed by atoms with van der Waals surface area (Å²) in [5, 5.41) is 10.6. The molecule has 1 N–H and O–H groups in total. The van der Waals surface area contributed by atoms with Gasteiger partial charge in [0, 0.05) is 11.3 Å². The zero-order chi connectivity index (χ0) is 12.5. The van der Waals surface area contributed by atoms with Gasteiger partial charge in [0.05, 0.1) is 14.2 Å². The second kappa shape index (κ2) is 5.08. The summed E-state index contributed by atoms with van der Waals surface area (Å²) in [5.74, 6) is 3.06. The Kier molecular flexibility index (Phi) is 3.90. The zero-order valence-corrected chi connectivity index (χ0v) is 12.2. The summed E-state index contributed by atoms with van der Waals surface area (Å²) >= 11 is 5.21. The molecule has 0 saturated carbocycles. The van der Waals surface area contributed by atoms with E-state index in [9.17, 15) is 5.11 Å². The first-order chi connectivity index (χ1) is 8.12. The van der Waals surface area contributed by atoms with Crippen LogP contribution in [0.2, 0.25) is 0 Å². The lowest BCUT2D eigenvalue weighted by molar-refractivity contribution is 0.0628. The molecule has 94 valence electrons. The van der Waals surface area contributed by atoms with Crippen molar-refractivity contribution in [1.29, 1.82) is 0 Å². The highest BCUT2D eigenvalue weighted by Crippen LogP contribution is 2.46. The van der Waals surface area contributed by atoms with E-state index in [1.807, 2.05) is 12.1 Å². The number of hydrogen-bond acceptors (Lipinski definition) is 4. The van der Waals surface area contributed by atoms with Gasteiger partial charge in [0.15, 0.2) is 0 Å². The number of methoxy groups -OCH3 is 2. The van der Waals surface area contributed by atoms with Crippen LogP contribution in [-0.4, -0.2) is 30.8 Å². The van der Waals surface area contributed by atoms with Crippen LogP contribution in [0.5, 0.6) is 11.5 Å². The fourth-order valence-corrected chi connectivity index (χ4v) is 3.96. The van der Waals surface area contributed by atoms with E-state index in [1.165, 1.54) is 0 Å². The van der Waals surface area contributed by atoms with E-state index < -0.39 is 5.60 Å². The number of hydrogen-bond donors (Lipinski definition) is 1. The first-order valence-electron chi connectivity index (χ1n) is 5.33. The fraction of sp³-hybridized carbons (Fsp3) is 0.500. The molecule has 1 aromatic rings. The maximum absolute atomic E-state index is 10.6. The lowest BCUT2D eigenvalue weighted by Gasteiger charge is -2.25. The van der Waals surface area contributed by atoms with Crippen molar-refractivity contribution in [1.82, 2.24) is 0 Å². The van der Waals surface area contributed by atoms with Crippen LogP contribution in [0.25, 0.3) is 0 Å². The third kappa shape index (κ3) is 2.28.